The number of carbonyl (C=O) groups is 1. The number of H-pyrrole nitrogens is 1. The molecule has 1 heterocycles. The molecule has 0 aliphatic rings. The van der Waals surface area contributed by atoms with E-state index in [0.29, 0.717) is 10.7 Å². The van der Waals surface area contributed by atoms with Crippen molar-refractivity contribution in [2.45, 2.75) is 0 Å². The van der Waals surface area contributed by atoms with E-state index in [0.717, 1.165) is 5.69 Å². The monoisotopic (exact) mass is 266 g/mol. The minimum absolute atomic E-state index is 0.0281. The van der Waals surface area contributed by atoms with Gasteiger partial charge in [0.2, 0.25) is 0 Å². The molecule has 1 aromatic carbocycles. The number of carbonyl (C=O) groups excluding carboxylic acids is 1. The van der Waals surface area contributed by atoms with Crippen LogP contribution in [-0.4, -0.2) is 40.6 Å². The van der Waals surface area contributed by atoms with E-state index in [1.807, 2.05) is 19.0 Å². The number of hydrogen-bond acceptors (Lipinski definition) is 5. The average Bonchev–Trinajstić information content (AvgIpc) is 2.81. The number of rotatable bonds is 3. The Morgan fingerprint density at radius 3 is 2.83 bits per heavy atom. The van der Waals surface area contributed by atoms with Crippen molar-refractivity contribution in [1.29, 1.82) is 0 Å². The van der Waals surface area contributed by atoms with E-state index < -0.39 is 5.91 Å². The van der Waals surface area contributed by atoms with Gasteiger partial charge in [0.1, 0.15) is 0 Å². The van der Waals surface area contributed by atoms with E-state index in [9.17, 15) is 4.79 Å². The summed E-state index contributed by atoms with van der Waals surface area (Å²) in [5.41, 5.74) is 1.30. The van der Waals surface area contributed by atoms with Gasteiger partial charge >= 0.3 is 0 Å². The molecule has 0 unspecified atom stereocenters. The fourth-order valence-electron chi connectivity index (χ4n) is 1.51. The molecule has 0 saturated carbocycles. The number of para-hydroxylation sites is 1. The highest BCUT2D eigenvalue weighted by Crippen LogP contribution is 2.32. The summed E-state index contributed by atoms with van der Waals surface area (Å²) < 4.78 is 0. The molecule has 0 radical (unpaired) electrons. The van der Waals surface area contributed by atoms with Gasteiger partial charge in [-0.2, -0.15) is 5.21 Å². The molecule has 2 rings (SSSR count). The molecular formula is C10H11ClN6O. The summed E-state index contributed by atoms with van der Waals surface area (Å²) in [6.45, 7) is 0. The van der Waals surface area contributed by atoms with Crippen molar-refractivity contribution in [2.75, 3.05) is 24.3 Å². The predicted molar refractivity (Wildman–Crippen MR) is 67.9 cm³/mol. The van der Waals surface area contributed by atoms with Gasteiger partial charge in [-0.25, -0.2) is 0 Å². The van der Waals surface area contributed by atoms with Crippen molar-refractivity contribution < 1.29 is 4.79 Å². The number of aromatic amines is 1. The lowest BCUT2D eigenvalue weighted by Crippen LogP contribution is -2.18. The van der Waals surface area contributed by atoms with E-state index in [1.165, 1.54) is 0 Å². The van der Waals surface area contributed by atoms with Gasteiger partial charge in [0, 0.05) is 14.1 Å². The molecule has 7 nitrogen and oxygen atoms in total. The molecule has 94 valence electrons. The number of hydrogen-bond donors (Lipinski definition) is 2. The Morgan fingerprint density at radius 2 is 2.22 bits per heavy atom. The molecule has 1 aromatic heterocycles. The molecule has 8 heteroatoms. The fourth-order valence-corrected chi connectivity index (χ4v) is 1.85. The zero-order chi connectivity index (χ0) is 13.1. The maximum absolute atomic E-state index is 11.8. The second kappa shape index (κ2) is 5.01. The second-order valence-electron chi connectivity index (χ2n) is 3.72. The van der Waals surface area contributed by atoms with E-state index in [4.69, 9.17) is 11.6 Å². The van der Waals surface area contributed by atoms with Crippen LogP contribution < -0.4 is 10.2 Å². The Bertz CT molecular complexity index is 554. The van der Waals surface area contributed by atoms with Crippen LogP contribution in [0.2, 0.25) is 5.02 Å². The van der Waals surface area contributed by atoms with Crippen LogP contribution in [0.15, 0.2) is 18.2 Å². The molecule has 2 aromatic rings. The normalized spacial score (nSPS) is 10.2. The van der Waals surface area contributed by atoms with E-state index in [-0.39, 0.29) is 5.82 Å². The highest BCUT2D eigenvalue weighted by atomic mass is 35.5. The highest BCUT2D eigenvalue weighted by molar-refractivity contribution is 6.34. The number of halogens is 1. The number of tetrazole rings is 1. The molecule has 2 N–H and O–H groups in total. The van der Waals surface area contributed by atoms with Gasteiger partial charge in [-0.05, 0) is 17.3 Å². The van der Waals surface area contributed by atoms with Gasteiger partial charge in [-0.3, -0.25) is 4.79 Å². The Morgan fingerprint density at radius 1 is 1.44 bits per heavy atom. The standard InChI is InChI=1S/C10H11ClN6O/c1-17(2)8-6(11)4-3-5-7(8)12-10(18)9-13-15-16-14-9/h3-5H,1-2H3,(H,12,18)(H,13,14,15,16). The Labute approximate surface area is 108 Å². The fraction of sp³-hybridized carbons (Fsp3) is 0.200. The first-order valence-corrected chi connectivity index (χ1v) is 5.48. The number of benzene rings is 1. The summed E-state index contributed by atoms with van der Waals surface area (Å²) >= 11 is 6.09. The van der Waals surface area contributed by atoms with Gasteiger partial charge < -0.3 is 10.2 Å². The number of aromatic nitrogens is 4. The van der Waals surface area contributed by atoms with Crippen LogP contribution in [0.25, 0.3) is 0 Å². The van der Waals surface area contributed by atoms with Crippen molar-refractivity contribution in [3.8, 4) is 0 Å². The summed E-state index contributed by atoms with van der Waals surface area (Å²) in [7, 11) is 3.68. The van der Waals surface area contributed by atoms with Crippen molar-refractivity contribution in [3.63, 3.8) is 0 Å². The lowest BCUT2D eigenvalue weighted by Gasteiger charge is -2.18. The van der Waals surface area contributed by atoms with Gasteiger partial charge in [0.05, 0.1) is 16.4 Å². The maximum Gasteiger partial charge on any atom is 0.297 e. The van der Waals surface area contributed by atoms with Crippen LogP contribution in [0.5, 0.6) is 0 Å². The number of nitrogens with zero attached hydrogens (tertiary/aromatic N) is 4. The topological polar surface area (TPSA) is 86.8 Å². The third-order valence-electron chi connectivity index (χ3n) is 2.23. The minimum Gasteiger partial charge on any atom is -0.375 e. The molecule has 1 amide bonds. The third kappa shape index (κ3) is 2.40. The van der Waals surface area contributed by atoms with Crippen molar-refractivity contribution >= 4 is 28.9 Å². The number of anilines is 2. The van der Waals surface area contributed by atoms with Gasteiger partial charge in [-0.1, -0.05) is 17.7 Å². The van der Waals surface area contributed by atoms with Crippen molar-refractivity contribution in [1.82, 2.24) is 20.6 Å². The van der Waals surface area contributed by atoms with Gasteiger partial charge in [0.25, 0.3) is 11.7 Å². The smallest absolute Gasteiger partial charge is 0.297 e. The summed E-state index contributed by atoms with van der Waals surface area (Å²) in [5.74, 6) is -0.478. The predicted octanol–water partition coefficient (Wildman–Crippen LogP) is 1.17. The maximum atomic E-state index is 11.8. The van der Waals surface area contributed by atoms with Gasteiger partial charge in [-0.15, -0.1) is 10.2 Å². The van der Waals surface area contributed by atoms with Crippen LogP contribution >= 0.6 is 11.6 Å². The second-order valence-corrected chi connectivity index (χ2v) is 4.13. The first kappa shape index (κ1) is 12.3. The number of amides is 1. The molecule has 18 heavy (non-hydrogen) atoms. The quantitative estimate of drug-likeness (QED) is 0.871. The zero-order valence-electron chi connectivity index (χ0n) is 9.81. The molecular weight excluding hydrogens is 256 g/mol. The molecule has 0 fully saturated rings. The number of nitrogens with one attached hydrogen (secondary N) is 2. The summed E-state index contributed by atoms with van der Waals surface area (Å²) in [6.07, 6.45) is 0. The van der Waals surface area contributed by atoms with Crippen molar-refractivity contribution in [2.24, 2.45) is 0 Å². The lowest BCUT2D eigenvalue weighted by atomic mass is 10.2. The van der Waals surface area contributed by atoms with E-state index >= 15 is 0 Å². The van der Waals surface area contributed by atoms with E-state index in [1.54, 1.807) is 18.2 Å². The first-order valence-electron chi connectivity index (χ1n) is 5.10. The van der Waals surface area contributed by atoms with Crippen molar-refractivity contribution in [3.05, 3.63) is 29.0 Å². The largest absolute Gasteiger partial charge is 0.375 e. The average molecular weight is 267 g/mol. The van der Waals surface area contributed by atoms with Crippen LogP contribution in [-0.2, 0) is 0 Å². The first-order chi connectivity index (χ1) is 8.59. The van der Waals surface area contributed by atoms with Crippen LogP contribution in [0.3, 0.4) is 0 Å². The Balaban J connectivity index is 2.29. The third-order valence-corrected chi connectivity index (χ3v) is 2.54. The SMILES string of the molecule is CN(C)c1c(Cl)cccc1NC(=O)c1nn[nH]n1. The van der Waals surface area contributed by atoms with Crippen LogP contribution in [0.4, 0.5) is 11.4 Å². The Kier molecular flexibility index (Phi) is 3.42. The lowest BCUT2D eigenvalue weighted by molar-refractivity contribution is 0.101. The zero-order valence-corrected chi connectivity index (χ0v) is 10.6. The van der Waals surface area contributed by atoms with Crippen LogP contribution in [0.1, 0.15) is 10.6 Å². The van der Waals surface area contributed by atoms with Gasteiger partial charge in [0.15, 0.2) is 0 Å². The summed E-state index contributed by atoms with van der Waals surface area (Å²) in [5, 5.41) is 16.0. The molecule has 0 spiro atoms. The van der Waals surface area contributed by atoms with Crippen LogP contribution in [0, 0.1) is 0 Å². The highest BCUT2D eigenvalue weighted by Gasteiger charge is 2.15. The summed E-state index contributed by atoms with van der Waals surface area (Å²) in [4.78, 5) is 13.6. The van der Waals surface area contributed by atoms with E-state index in [2.05, 4.69) is 25.9 Å². The molecule has 0 aliphatic heterocycles. The Hall–Kier alpha value is -2.15. The molecule has 0 atom stereocenters. The molecule has 0 aliphatic carbocycles. The molecule has 0 saturated heterocycles. The minimum atomic E-state index is -0.450. The molecule has 0 bridgehead atoms. The summed E-state index contributed by atoms with van der Waals surface area (Å²) in [6, 6.07) is 5.25.